The molecule has 2 aromatic heterocycles. The lowest BCUT2D eigenvalue weighted by molar-refractivity contribution is -0.116. The second kappa shape index (κ2) is 7.82. The number of rotatable bonds is 5. The summed E-state index contributed by atoms with van der Waals surface area (Å²) in [6, 6.07) is 8.93. The van der Waals surface area contributed by atoms with Gasteiger partial charge in [0.25, 0.3) is 0 Å². The normalized spacial score (nSPS) is 10.6. The molecule has 0 saturated heterocycles. The van der Waals surface area contributed by atoms with Gasteiger partial charge >= 0.3 is 5.97 Å². The number of benzene rings is 1. The highest BCUT2D eigenvalue weighted by molar-refractivity contribution is 5.95. The van der Waals surface area contributed by atoms with Crippen LogP contribution >= 0.6 is 0 Å². The summed E-state index contributed by atoms with van der Waals surface area (Å²) >= 11 is 0. The van der Waals surface area contributed by atoms with E-state index in [1.807, 2.05) is 31.2 Å². The Bertz CT molecular complexity index is 1060. The molecule has 2 heterocycles. The minimum absolute atomic E-state index is 0.0806. The van der Waals surface area contributed by atoms with Gasteiger partial charge in [-0.05, 0) is 32.0 Å². The van der Waals surface area contributed by atoms with Crippen LogP contribution in [0, 0.1) is 6.92 Å². The van der Waals surface area contributed by atoms with Crippen LogP contribution in [0.3, 0.4) is 0 Å². The van der Waals surface area contributed by atoms with Crippen molar-refractivity contribution in [2.45, 2.75) is 20.4 Å². The molecule has 1 N–H and O–H groups in total. The lowest BCUT2D eigenvalue weighted by atomic mass is 10.1. The molecule has 0 aliphatic carbocycles. The lowest BCUT2D eigenvalue weighted by Gasteiger charge is -2.13. The van der Waals surface area contributed by atoms with E-state index in [0.29, 0.717) is 16.6 Å². The molecule has 0 bridgehead atoms. The van der Waals surface area contributed by atoms with Gasteiger partial charge in [-0.25, -0.2) is 4.79 Å². The number of pyridine rings is 2. The second-order valence-corrected chi connectivity index (χ2v) is 6.03. The predicted octanol–water partition coefficient (Wildman–Crippen LogP) is 2.52. The monoisotopic (exact) mass is 365 g/mol. The fourth-order valence-corrected chi connectivity index (χ4v) is 2.71. The molecule has 0 unspecified atom stereocenters. The summed E-state index contributed by atoms with van der Waals surface area (Å²) in [7, 11) is 0. The van der Waals surface area contributed by atoms with E-state index in [1.165, 1.54) is 29.2 Å². The Morgan fingerprint density at radius 1 is 1.19 bits per heavy atom. The van der Waals surface area contributed by atoms with Gasteiger partial charge in [0, 0.05) is 23.5 Å². The van der Waals surface area contributed by atoms with Crippen molar-refractivity contribution in [1.82, 2.24) is 9.55 Å². The predicted molar refractivity (Wildman–Crippen MR) is 102 cm³/mol. The first-order valence-electron chi connectivity index (χ1n) is 8.50. The Labute approximate surface area is 155 Å². The summed E-state index contributed by atoms with van der Waals surface area (Å²) < 4.78 is 6.48. The maximum absolute atomic E-state index is 12.6. The van der Waals surface area contributed by atoms with Crippen molar-refractivity contribution < 1.29 is 14.3 Å². The molecule has 1 amide bonds. The number of carbonyl (C=O) groups is 2. The topological polar surface area (TPSA) is 90.3 Å². The molecule has 7 nitrogen and oxygen atoms in total. The largest absolute Gasteiger partial charge is 0.462 e. The van der Waals surface area contributed by atoms with E-state index in [4.69, 9.17) is 4.74 Å². The van der Waals surface area contributed by atoms with E-state index in [-0.39, 0.29) is 24.6 Å². The standard InChI is InChI=1S/C20H19N3O4/c1-3-27-20(26)16-11-23(17-10-21-9-8-15(17)19(16)25)12-18(24)22-14-6-4-13(2)5-7-14/h4-11H,3,12H2,1-2H3,(H,22,24). The van der Waals surface area contributed by atoms with Gasteiger partial charge in [0.15, 0.2) is 0 Å². The SMILES string of the molecule is CCOC(=O)c1cn(CC(=O)Nc2ccc(C)cc2)c2cnccc2c1=O. The zero-order valence-corrected chi connectivity index (χ0v) is 15.1. The highest BCUT2D eigenvalue weighted by atomic mass is 16.5. The number of anilines is 1. The Kier molecular flexibility index (Phi) is 5.30. The molecule has 7 heteroatoms. The minimum Gasteiger partial charge on any atom is -0.462 e. The third-order valence-corrected chi connectivity index (χ3v) is 4.03. The van der Waals surface area contributed by atoms with Crippen LogP contribution in [0.25, 0.3) is 10.9 Å². The molecule has 0 aliphatic heterocycles. The third-order valence-electron chi connectivity index (χ3n) is 4.03. The average molecular weight is 365 g/mol. The van der Waals surface area contributed by atoms with Crippen molar-refractivity contribution in [2.24, 2.45) is 0 Å². The number of fused-ring (bicyclic) bond motifs is 1. The van der Waals surface area contributed by atoms with E-state index in [0.717, 1.165) is 5.56 Å². The molecule has 3 rings (SSSR count). The number of nitrogens with zero attached hydrogens (tertiary/aromatic N) is 2. The molecule has 0 aliphatic rings. The van der Waals surface area contributed by atoms with Crippen LogP contribution in [-0.4, -0.2) is 28.0 Å². The molecule has 0 saturated carbocycles. The van der Waals surface area contributed by atoms with E-state index in [9.17, 15) is 14.4 Å². The van der Waals surface area contributed by atoms with Crippen LogP contribution in [0.4, 0.5) is 5.69 Å². The van der Waals surface area contributed by atoms with E-state index in [1.54, 1.807) is 6.92 Å². The average Bonchev–Trinajstić information content (AvgIpc) is 2.66. The fraction of sp³-hybridized carbons (Fsp3) is 0.200. The summed E-state index contributed by atoms with van der Waals surface area (Å²) in [6.07, 6.45) is 4.30. The summed E-state index contributed by atoms with van der Waals surface area (Å²) in [5.74, 6) is -1.00. The number of carbonyl (C=O) groups excluding carboxylic acids is 2. The summed E-state index contributed by atoms with van der Waals surface area (Å²) in [6.45, 7) is 3.70. The Morgan fingerprint density at radius 3 is 2.63 bits per heavy atom. The Morgan fingerprint density at radius 2 is 1.93 bits per heavy atom. The quantitative estimate of drug-likeness (QED) is 0.702. The number of hydrogen-bond acceptors (Lipinski definition) is 5. The van der Waals surface area contributed by atoms with Gasteiger partial charge in [0.2, 0.25) is 11.3 Å². The van der Waals surface area contributed by atoms with Crippen molar-refractivity contribution in [3.63, 3.8) is 0 Å². The number of nitrogens with one attached hydrogen (secondary N) is 1. The third kappa shape index (κ3) is 4.03. The molecular formula is C20H19N3O4. The van der Waals surface area contributed by atoms with Crippen LogP contribution in [0.5, 0.6) is 0 Å². The van der Waals surface area contributed by atoms with Gasteiger partial charge in [0.05, 0.1) is 18.3 Å². The maximum atomic E-state index is 12.6. The molecule has 27 heavy (non-hydrogen) atoms. The van der Waals surface area contributed by atoms with Gasteiger partial charge in [-0.15, -0.1) is 0 Å². The second-order valence-electron chi connectivity index (χ2n) is 6.03. The van der Waals surface area contributed by atoms with Crippen LogP contribution in [0.2, 0.25) is 0 Å². The molecular weight excluding hydrogens is 346 g/mol. The Hall–Kier alpha value is -3.48. The van der Waals surface area contributed by atoms with Crippen LogP contribution < -0.4 is 10.7 Å². The molecule has 3 aromatic rings. The van der Waals surface area contributed by atoms with Gasteiger partial charge in [-0.1, -0.05) is 17.7 Å². The summed E-state index contributed by atoms with van der Waals surface area (Å²) in [5, 5.41) is 3.10. The minimum atomic E-state index is -0.714. The summed E-state index contributed by atoms with van der Waals surface area (Å²) in [5.41, 5.74) is 1.67. The van der Waals surface area contributed by atoms with Gasteiger partial charge in [-0.2, -0.15) is 0 Å². The molecule has 1 aromatic carbocycles. The lowest BCUT2D eigenvalue weighted by Crippen LogP contribution is -2.24. The first-order valence-corrected chi connectivity index (χ1v) is 8.50. The number of esters is 1. The highest BCUT2D eigenvalue weighted by Crippen LogP contribution is 2.13. The van der Waals surface area contributed by atoms with Gasteiger partial charge in [0.1, 0.15) is 12.1 Å². The molecule has 0 fully saturated rings. The molecule has 0 radical (unpaired) electrons. The molecule has 138 valence electrons. The number of ether oxygens (including phenoxy) is 1. The Balaban J connectivity index is 1.96. The van der Waals surface area contributed by atoms with Crippen LogP contribution in [0.1, 0.15) is 22.8 Å². The van der Waals surface area contributed by atoms with Crippen molar-refractivity contribution in [2.75, 3.05) is 11.9 Å². The fourth-order valence-electron chi connectivity index (χ4n) is 2.71. The number of amides is 1. The van der Waals surface area contributed by atoms with Crippen LogP contribution in [0.15, 0.2) is 53.7 Å². The zero-order valence-electron chi connectivity index (χ0n) is 15.1. The molecule has 0 atom stereocenters. The van der Waals surface area contributed by atoms with Gasteiger partial charge in [-0.3, -0.25) is 14.6 Å². The highest BCUT2D eigenvalue weighted by Gasteiger charge is 2.17. The van der Waals surface area contributed by atoms with Crippen molar-refractivity contribution in [3.8, 4) is 0 Å². The van der Waals surface area contributed by atoms with E-state index >= 15 is 0 Å². The van der Waals surface area contributed by atoms with E-state index < -0.39 is 11.4 Å². The number of hydrogen-bond donors (Lipinski definition) is 1. The van der Waals surface area contributed by atoms with Crippen molar-refractivity contribution >= 4 is 28.5 Å². The number of aryl methyl sites for hydroxylation is 1. The number of aromatic nitrogens is 2. The van der Waals surface area contributed by atoms with E-state index in [2.05, 4.69) is 10.3 Å². The smallest absolute Gasteiger partial charge is 0.343 e. The van der Waals surface area contributed by atoms with Crippen molar-refractivity contribution in [3.05, 3.63) is 70.3 Å². The molecule has 0 spiro atoms. The summed E-state index contributed by atoms with van der Waals surface area (Å²) in [4.78, 5) is 41.2. The van der Waals surface area contributed by atoms with Gasteiger partial charge < -0.3 is 14.6 Å². The zero-order chi connectivity index (χ0) is 19.4. The first kappa shape index (κ1) is 18.3. The maximum Gasteiger partial charge on any atom is 0.343 e. The first-order chi connectivity index (χ1) is 13.0. The van der Waals surface area contributed by atoms with Crippen LogP contribution in [-0.2, 0) is 16.1 Å². The van der Waals surface area contributed by atoms with Crippen molar-refractivity contribution in [1.29, 1.82) is 0 Å².